The van der Waals surface area contributed by atoms with Crippen LogP contribution in [0.5, 0.6) is 0 Å². The number of carbonyl (C=O) groups is 7. The van der Waals surface area contributed by atoms with Gasteiger partial charge in [0.05, 0.1) is 24.2 Å². The molecule has 4 saturated heterocycles. The highest BCUT2D eigenvalue weighted by Gasteiger charge is 2.61. The fourth-order valence-electron chi connectivity index (χ4n) is 10.1. The summed E-state index contributed by atoms with van der Waals surface area (Å²) in [4.78, 5) is 89.4. The first-order chi connectivity index (χ1) is 36.7. The molecule has 5 amide bonds. The standard InChI is InChI=1S/C22H24F5N3O3.C21H24F5N3O2.C3H3F3O2.C2HF3O2/c23-19(24)15-3-7-17(8-4-15)29-10-18(32)30(21(20(29)33)11-28(12-21)13-31)9-14-1-5-16(6-2-14)22(25,26)27;22-18(23)14-3-7-16(8-4-14)28-10-17(30)29(20(19(28)31)11-27-12-20)9-13-1-5-15(6-2-13)21(24,25)26;4-3(5,6)1-8-2-7;3-2(4,5)1(6)7/h1-2,5-6,13,15,17,19H,3-4,7-12H2;1-2,5-6,14,16,18,27H,3-4,7-12H2;2H,1H2;(H,6,7). The molecule has 2 saturated carbocycles. The molecule has 2 aromatic rings. The van der Waals surface area contributed by atoms with Crippen LogP contribution in [0.1, 0.15) is 73.6 Å². The summed E-state index contributed by atoms with van der Waals surface area (Å²) in [7, 11) is 0. The minimum absolute atomic E-state index is 0.00934. The molecular formula is C48H52F16N6O9. The third kappa shape index (κ3) is 15.7. The number of nitrogens with zero attached hydrogens (tertiary/aromatic N) is 5. The molecule has 2 aliphatic carbocycles. The minimum Gasteiger partial charge on any atom is -0.475 e. The average molecular weight is 1160 g/mol. The molecule has 6 fully saturated rings. The number of hydrogen-bond donors (Lipinski definition) is 2. The Hall–Kier alpha value is -6.43. The van der Waals surface area contributed by atoms with Crippen molar-refractivity contribution >= 4 is 42.5 Å². The predicted octanol–water partition coefficient (Wildman–Crippen LogP) is 7.31. The van der Waals surface area contributed by atoms with E-state index in [1.54, 1.807) is 0 Å². The van der Waals surface area contributed by atoms with Crippen LogP contribution in [0.2, 0.25) is 0 Å². The van der Waals surface area contributed by atoms with Crippen molar-refractivity contribution in [2.75, 3.05) is 45.9 Å². The topological polar surface area (TPSA) is 177 Å². The first-order valence-corrected chi connectivity index (χ1v) is 24.1. The molecular weight excluding hydrogens is 1110 g/mol. The smallest absolute Gasteiger partial charge is 0.475 e. The normalized spacial score (nSPS) is 23.2. The fraction of sp³-hybridized carbons (Fsp3) is 0.604. The maximum atomic E-state index is 13.5. The van der Waals surface area contributed by atoms with Crippen LogP contribution in [0, 0.1) is 11.8 Å². The lowest BCUT2D eigenvalue weighted by Crippen LogP contribution is -2.80. The van der Waals surface area contributed by atoms with Gasteiger partial charge in [-0.1, -0.05) is 24.3 Å². The van der Waals surface area contributed by atoms with Crippen molar-refractivity contribution < 1.29 is 114 Å². The van der Waals surface area contributed by atoms with E-state index in [1.807, 2.05) is 0 Å². The largest absolute Gasteiger partial charge is 0.490 e. The van der Waals surface area contributed by atoms with Crippen LogP contribution < -0.4 is 5.32 Å². The van der Waals surface area contributed by atoms with Crippen molar-refractivity contribution in [2.24, 2.45) is 11.8 Å². The maximum Gasteiger partial charge on any atom is 0.490 e. The molecule has 6 aliphatic rings. The number of rotatable bonds is 11. The van der Waals surface area contributed by atoms with Crippen LogP contribution in [0.25, 0.3) is 0 Å². The van der Waals surface area contributed by atoms with Gasteiger partial charge in [0.2, 0.25) is 31.1 Å². The van der Waals surface area contributed by atoms with Gasteiger partial charge in [-0.15, -0.1) is 0 Å². The molecule has 0 aromatic heterocycles. The average Bonchev–Trinajstić information content (AvgIpc) is 3.40. The third-order valence-electron chi connectivity index (χ3n) is 14.4. The molecule has 440 valence electrons. The molecule has 0 radical (unpaired) electrons. The number of ether oxygens (including phenoxy) is 1. The number of benzene rings is 2. The van der Waals surface area contributed by atoms with E-state index < -0.39 is 84.2 Å². The number of carboxylic acid groups (broad SMARTS) is 1. The Morgan fingerprint density at radius 1 is 0.608 bits per heavy atom. The summed E-state index contributed by atoms with van der Waals surface area (Å²) >= 11 is 0. The molecule has 4 heterocycles. The summed E-state index contributed by atoms with van der Waals surface area (Å²) in [5.41, 5.74) is -3.02. The summed E-state index contributed by atoms with van der Waals surface area (Å²) in [5.74, 6) is -5.34. The molecule has 31 heteroatoms. The molecule has 0 bridgehead atoms. The second-order valence-electron chi connectivity index (χ2n) is 19.5. The molecule has 0 atom stereocenters. The molecule has 4 aliphatic heterocycles. The predicted molar refractivity (Wildman–Crippen MR) is 239 cm³/mol. The van der Waals surface area contributed by atoms with Crippen molar-refractivity contribution in [1.29, 1.82) is 0 Å². The van der Waals surface area contributed by atoms with Gasteiger partial charge in [-0.25, -0.2) is 22.4 Å². The first kappa shape index (κ1) is 63.4. The van der Waals surface area contributed by atoms with E-state index in [4.69, 9.17) is 14.7 Å². The highest BCUT2D eigenvalue weighted by Crippen LogP contribution is 2.41. The molecule has 0 unspecified atom stereocenters. The van der Waals surface area contributed by atoms with E-state index in [-0.39, 0.29) is 107 Å². The summed E-state index contributed by atoms with van der Waals surface area (Å²) in [6, 6.07) is 8.37. The number of hydrogen-bond acceptors (Lipinski definition) is 9. The number of nitrogens with one attached hydrogen (secondary N) is 1. The number of amides is 5. The van der Waals surface area contributed by atoms with Gasteiger partial charge in [0, 0.05) is 50.1 Å². The summed E-state index contributed by atoms with van der Waals surface area (Å²) in [6.07, 6.45) is -19.8. The summed E-state index contributed by atoms with van der Waals surface area (Å²) in [5, 5.41) is 10.1. The molecule has 8 rings (SSSR count). The Labute approximate surface area is 439 Å². The number of likely N-dealkylation sites (tertiary alicyclic amines) is 1. The molecule has 2 N–H and O–H groups in total. The number of aliphatic carboxylic acids is 1. The summed E-state index contributed by atoms with van der Waals surface area (Å²) < 4.78 is 197. The van der Waals surface area contributed by atoms with Crippen LogP contribution in [0.15, 0.2) is 48.5 Å². The van der Waals surface area contributed by atoms with Crippen LogP contribution in [-0.4, -0.2) is 166 Å². The van der Waals surface area contributed by atoms with Gasteiger partial charge in [-0.2, -0.15) is 52.7 Å². The Morgan fingerprint density at radius 2 is 0.962 bits per heavy atom. The van der Waals surface area contributed by atoms with E-state index in [1.165, 1.54) is 48.8 Å². The lowest BCUT2D eigenvalue weighted by atomic mass is 9.80. The van der Waals surface area contributed by atoms with Crippen molar-refractivity contribution in [3.8, 4) is 0 Å². The first-order valence-electron chi connectivity index (χ1n) is 24.1. The zero-order chi connectivity index (χ0) is 59.1. The van der Waals surface area contributed by atoms with E-state index >= 15 is 0 Å². The van der Waals surface area contributed by atoms with E-state index in [2.05, 4.69) is 10.1 Å². The van der Waals surface area contributed by atoms with Gasteiger partial charge < -0.3 is 39.7 Å². The van der Waals surface area contributed by atoms with Crippen LogP contribution in [0.4, 0.5) is 70.2 Å². The minimum atomic E-state index is -5.08. The number of carboxylic acids is 1. The van der Waals surface area contributed by atoms with Gasteiger partial charge >= 0.3 is 30.7 Å². The van der Waals surface area contributed by atoms with Gasteiger partial charge in [0.25, 0.3) is 18.3 Å². The monoisotopic (exact) mass is 1160 g/mol. The highest BCUT2D eigenvalue weighted by atomic mass is 19.4. The lowest BCUT2D eigenvalue weighted by Gasteiger charge is -2.58. The highest BCUT2D eigenvalue weighted by molar-refractivity contribution is 6.00. The van der Waals surface area contributed by atoms with Crippen molar-refractivity contribution in [3.05, 3.63) is 70.8 Å². The number of piperazine rings is 2. The van der Waals surface area contributed by atoms with Crippen LogP contribution in [-0.2, 0) is 63.7 Å². The number of halogens is 16. The van der Waals surface area contributed by atoms with Gasteiger partial charge in [0.15, 0.2) is 12.1 Å². The Kier molecular flexibility index (Phi) is 20.3. The molecule has 2 aromatic carbocycles. The zero-order valence-electron chi connectivity index (χ0n) is 41.3. The van der Waals surface area contributed by atoms with Crippen LogP contribution >= 0.6 is 0 Å². The van der Waals surface area contributed by atoms with Gasteiger partial charge in [0.1, 0.15) is 18.6 Å². The molecule has 79 heavy (non-hydrogen) atoms. The zero-order valence-corrected chi connectivity index (χ0v) is 41.3. The second kappa shape index (κ2) is 25.4. The number of alkyl halides is 16. The van der Waals surface area contributed by atoms with Gasteiger partial charge in [-0.05, 0) is 86.8 Å². The maximum absolute atomic E-state index is 13.5. The van der Waals surface area contributed by atoms with E-state index in [9.17, 15) is 94.2 Å². The van der Waals surface area contributed by atoms with Crippen LogP contribution in [0.3, 0.4) is 0 Å². The van der Waals surface area contributed by atoms with Crippen molar-refractivity contribution in [1.82, 2.24) is 29.8 Å². The summed E-state index contributed by atoms with van der Waals surface area (Å²) in [6.45, 7) is -1.61. The Bertz CT molecular complexity index is 2430. The van der Waals surface area contributed by atoms with Crippen molar-refractivity contribution in [3.63, 3.8) is 0 Å². The third-order valence-corrected chi connectivity index (χ3v) is 14.4. The van der Waals surface area contributed by atoms with E-state index in [0.29, 0.717) is 56.1 Å². The SMILES string of the molecule is O=C(O)C(F)(F)F.O=C1CN(C2CCC(C(F)F)CC2)C(=O)C2(CNC2)N1Cc1ccc(C(F)(F)F)cc1.O=CN1CC2(C1)C(=O)N(C1CCC(C(F)F)CC1)CC(=O)N2Cc1ccc(C(F)(F)F)cc1.O=COCC(F)(F)F. The van der Waals surface area contributed by atoms with E-state index in [0.717, 1.165) is 24.3 Å². The fourth-order valence-corrected chi connectivity index (χ4v) is 10.1. The second-order valence-corrected chi connectivity index (χ2v) is 19.5. The van der Waals surface area contributed by atoms with Crippen molar-refractivity contribution in [2.45, 2.75) is 125 Å². The van der Waals surface area contributed by atoms with Gasteiger partial charge in [-0.3, -0.25) is 28.8 Å². The Morgan fingerprint density at radius 3 is 1.23 bits per heavy atom. The number of carbonyl (C=O) groups excluding carboxylic acids is 6. The molecule has 15 nitrogen and oxygen atoms in total. The Balaban J connectivity index is 0.000000231. The lowest BCUT2D eigenvalue weighted by molar-refractivity contribution is -0.192. The quantitative estimate of drug-likeness (QED) is 0.171. The molecule has 2 spiro atoms.